The molecule has 7 heteroatoms. The van der Waals surface area contributed by atoms with Crippen LogP contribution in [0.25, 0.3) is 16.2 Å². The van der Waals surface area contributed by atoms with Crippen LogP contribution in [0.1, 0.15) is 30.6 Å². The Morgan fingerprint density at radius 3 is 2.86 bits per heavy atom. The lowest BCUT2D eigenvalue weighted by atomic mass is 10.1. The van der Waals surface area contributed by atoms with Gasteiger partial charge in [-0.3, -0.25) is 9.59 Å². The highest BCUT2D eigenvalue weighted by Gasteiger charge is 2.11. The molecule has 0 atom stereocenters. The van der Waals surface area contributed by atoms with Crippen molar-refractivity contribution in [1.82, 2.24) is 14.6 Å². The molecule has 112 valence electrons. The zero-order valence-electron chi connectivity index (χ0n) is 12.2. The van der Waals surface area contributed by atoms with Crippen LogP contribution >= 0.6 is 11.3 Å². The van der Waals surface area contributed by atoms with E-state index in [9.17, 15) is 9.59 Å². The van der Waals surface area contributed by atoms with Crippen molar-refractivity contribution in [3.8, 4) is 11.3 Å². The summed E-state index contributed by atoms with van der Waals surface area (Å²) in [5.41, 5.74) is 2.26. The van der Waals surface area contributed by atoms with Crippen LogP contribution in [-0.2, 0) is 4.79 Å². The number of carbonyl (C=O) groups is 2. The molecule has 0 radical (unpaired) electrons. The lowest BCUT2D eigenvalue weighted by molar-refractivity contribution is -0.115. The number of hydrogen-bond acceptors (Lipinski definition) is 5. The second-order valence-electron chi connectivity index (χ2n) is 4.80. The molecule has 0 aliphatic heterocycles. The Labute approximate surface area is 130 Å². The molecule has 0 saturated carbocycles. The summed E-state index contributed by atoms with van der Waals surface area (Å²) in [6, 6.07) is 7.33. The maximum Gasteiger partial charge on any atom is 0.225 e. The van der Waals surface area contributed by atoms with Crippen LogP contribution in [-0.4, -0.2) is 26.3 Å². The third-order valence-electron chi connectivity index (χ3n) is 3.18. The molecule has 6 nitrogen and oxygen atoms in total. The van der Waals surface area contributed by atoms with Gasteiger partial charge < -0.3 is 5.32 Å². The van der Waals surface area contributed by atoms with E-state index in [1.165, 1.54) is 18.3 Å². The molecular formula is C15H14N4O2S. The van der Waals surface area contributed by atoms with Gasteiger partial charge in [0.05, 0.1) is 11.9 Å². The van der Waals surface area contributed by atoms with E-state index in [0.717, 1.165) is 11.3 Å². The summed E-state index contributed by atoms with van der Waals surface area (Å²) in [6.45, 7) is 3.32. The summed E-state index contributed by atoms with van der Waals surface area (Å²) in [7, 11) is 0. The molecule has 3 aromatic rings. The Bertz CT molecular complexity index is 834. The summed E-state index contributed by atoms with van der Waals surface area (Å²) < 4.78 is 1.63. The van der Waals surface area contributed by atoms with Crippen molar-refractivity contribution >= 4 is 33.1 Å². The van der Waals surface area contributed by atoms with Crippen molar-refractivity contribution in [3.05, 3.63) is 36.0 Å². The third-order valence-corrected chi connectivity index (χ3v) is 4.01. The van der Waals surface area contributed by atoms with E-state index in [-0.39, 0.29) is 11.7 Å². The van der Waals surface area contributed by atoms with Crippen molar-refractivity contribution in [2.75, 3.05) is 5.32 Å². The average Bonchev–Trinajstić information content (AvgIpc) is 3.05. The van der Waals surface area contributed by atoms with Crippen LogP contribution in [0.4, 0.5) is 5.13 Å². The molecule has 2 heterocycles. The maximum atomic E-state index is 11.5. The van der Waals surface area contributed by atoms with Gasteiger partial charge in [-0.05, 0) is 13.0 Å². The van der Waals surface area contributed by atoms with E-state index < -0.39 is 0 Å². The molecule has 1 amide bonds. The third kappa shape index (κ3) is 2.75. The molecule has 1 aromatic carbocycles. The van der Waals surface area contributed by atoms with Crippen LogP contribution in [0.2, 0.25) is 0 Å². The number of fused-ring (bicyclic) bond motifs is 1. The normalized spacial score (nSPS) is 10.8. The number of imidazole rings is 1. The molecule has 1 N–H and O–H groups in total. The molecule has 0 unspecified atom stereocenters. The Hall–Kier alpha value is -2.54. The van der Waals surface area contributed by atoms with Gasteiger partial charge in [0.15, 0.2) is 5.78 Å². The Morgan fingerprint density at radius 1 is 1.36 bits per heavy atom. The SMILES string of the molecule is CCC(=O)Nc1nn2cc(-c3cccc(C(C)=O)c3)nc2s1. The minimum Gasteiger partial charge on any atom is -0.301 e. The number of Topliss-reactive ketones (excluding diaryl/α,β-unsaturated/α-hetero) is 1. The molecule has 0 fully saturated rings. The number of hydrogen-bond donors (Lipinski definition) is 1. The second-order valence-corrected chi connectivity index (χ2v) is 5.76. The Morgan fingerprint density at radius 2 is 2.18 bits per heavy atom. The lowest BCUT2D eigenvalue weighted by Gasteiger charge is -1.99. The molecule has 0 saturated heterocycles. The van der Waals surface area contributed by atoms with Gasteiger partial charge in [0.2, 0.25) is 16.0 Å². The average molecular weight is 314 g/mol. The first-order valence-electron chi connectivity index (χ1n) is 6.84. The summed E-state index contributed by atoms with van der Waals surface area (Å²) in [6.07, 6.45) is 2.19. The van der Waals surface area contributed by atoms with E-state index in [1.807, 2.05) is 18.2 Å². The summed E-state index contributed by atoms with van der Waals surface area (Å²) in [5, 5.41) is 7.52. The number of rotatable bonds is 4. The predicted molar refractivity (Wildman–Crippen MR) is 85.2 cm³/mol. The summed E-state index contributed by atoms with van der Waals surface area (Å²) in [5.74, 6) is -0.0584. The van der Waals surface area contributed by atoms with Crippen molar-refractivity contribution < 1.29 is 9.59 Å². The van der Waals surface area contributed by atoms with Gasteiger partial charge in [0.25, 0.3) is 0 Å². The van der Waals surface area contributed by atoms with E-state index in [4.69, 9.17) is 0 Å². The van der Waals surface area contributed by atoms with E-state index in [2.05, 4.69) is 15.4 Å². The fraction of sp³-hybridized carbons (Fsp3) is 0.200. The number of nitrogens with one attached hydrogen (secondary N) is 1. The molecule has 0 aliphatic rings. The number of ketones is 1. The largest absolute Gasteiger partial charge is 0.301 e. The zero-order chi connectivity index (χ0) is 15.7. The maximum absolute atomic E-state index is 11.5. The molecule has 0 bridgehead atoms. The van der Waals surface area contributed by atoms with Gasteiger partial charge in [-0.1, -0.05) is 36.5 Å². The van der Waals surface area contributed by atoms with Gasteiger partial charge in [0.1, 0.15) is 0 Å². The van der Waals surface area contributed by atoms with Crippen molar-refractivity contribution in [2.45, 2.75) is 20.3 Å². The fourth-order valence-electron chi connectivity index (χ4n) is 1.99. The second kappa shape index (κ2) is 5.69. The van der Waals surface area contributed by atoms with E-state index >= 15 is 0 Å². The highest BCUT2D eigenvalue weighted by atomic mass is 32.1. The number of anilines is 1. The van der Waals surface area contributed by atoms with E-state index in [1.54, 1.807) is 23.7 Å². The quantitative estimate of drug-likeness (QED) is 0.751. The Balaban J connectivity index is 1.93. The summed E-state index contributed by atoms with van der Waals surface area (Å²) >= 11 is 1.31. The molecule has 3 rings (SSSR count). The molecule has 22 heavy (non-hydrogen) atoms. The summed E-state index contributed by atoms with van der Waals surface area (Å²) in [4.78, 5) is 28.0. The first-order chi connectivity index (χ1) is 10.6. The van der Waals surface area contributed by atoms with Crippen LogP contribution < -0.4 is 5.32 Å². The monoisotopic (exact) mass is 314 g/mol. The van der Waals surface area contributed by atoms with Crippen molar-refractivity contribution in [2.24, 2.45) is 0 Å². The highest BCUT2D eigenvalue weighted by molar-refractivity contribution is 7.20. The van der Waals surface area contributed by atoms with Crippen molar-refractivity contribution in [1.29, 1.82) is 0 Å². The number of benzene rings is 1. The number of aromatic nitrogens is 3. The van der Waals surface area contributed by atoms with Gasteiger partial charge in [-0.25, -0.2) is 9.50 Å². The minimum absolute atomic E-state index is 0.0190. The van der Waals surface area contributed by atoms with Crippen LogP contribution in [0.15, 0.2) is 30.5 Å². The van der Waals surface area contributed by atoms with Crippen LogP contribution in [0.5, 0.6) is 0 Å². The van der Waals surface area contributed by atoms with Gasteiger partial charge >= 0.3 is 0 Å². The van der Waals surface area contributed by atoms with Gasteiger partial charge in [-0.2, -0.15) is 0 Å². The first-order valence-corrected chi connectivity index (χ1v) is 7.66. The zero-order valence-corrected chi connectivity index (χ0v) is 13.0. The number of nitrogens with zero attached hydrogens (tertiary/aromatic N) is 3. The molecule has 2 aromatic heterocycles. The Kier molecular flexibility index (Phi) is 3.72. The van der Waals surface area contributed by atoms with Crippen molar-refractivity contribution in [3.63, 3.8) is 0 Å². The number of carbonyl (C=O) groups excluding carboxylic acids is 2. The van der Waals surface area contributed by atoms with E-state index in [0.29, 0.717) is 22.1 Å². The topological polar surface area (TPSA) is 76.4 Å². The fourth-order valence-corrected chi connectivity index (χ4v) is 2.79. The highest BCUT2D eigenvalue weighted by Crippen LogP contribution is 2.25. The van der Waals surface area contributed by atoms with Gasteiger partial charge in [0, 0.05) is 17.5 Å². The standard InChI is InChI=1S/C15H14N4O2S/c1-3-13(21)17-14-18-19-8-12(16-15(19)22-14)11-6-4-5-10(7-11)9(2)20/h4-8H,3H2,1-2H3,(H,17,18,21). The smallest absolute Gasteiger partial charge is 0.225 e. The van der Waals surface area contributed by atoms with Crippen LogP contribution in [0.3, 0.4) is 0 Å². The molecule has 0 aliphatic carbocycles. The number of amides is 1. The molecular weight excluding hydrogens is 300 g/mol. The first kappa shape index (κ1) is 14.4. The minimum atomic E-state index is -0.0774. The lowest BCUT2D eigenvalue weighted by Crippen LogP contribution is -2.09. The van der Waals surface area contributed by atoms with Gasteiger partial charge in [-0.15, -0.1) is 5.10 Å². The van der Waals surface area contributed by atoms with Crippen LogP contribution in [0, 0.1) is 0 Å². The molecule has 0 spiro atoms. The predicted octanol–water partition coefficient (Wildman–Crippen LogP) is 3.01.